The summed E-state index contributed by atoms with van der Waals surface area (Å²) in [5, 5.41) is 10.4. The van der Waals surface area contributed by atoms with Crippen molar-refractivity contribution in [2.75, 3.05) is 0 Å². The van der Waals surface area contributed by atoms with Crippen LogP contribution < -0.4 is 0 Å². The van der Waals surface area contributed by atoms with Gasteiger partial charge in [-0.05, 0) is 0 Å². The summed E-state index contributed by atoms with van der Waals surface area (Å²) in [6.45, 7) is 9.13. The second-order valence-electron chi connectivity index (χ2n) is 6.02. The van der Waals surface area contributed by atoms with E-state index in [9.17, 15) is 5.11 Å². The van der Waals surface area contributed by atoms with Crippen LogP contribution in [0.2, 0.25) is 0 Å². The van der Waals surface area contributed by atoms with E-state index >= 15 is 0 Å². The fourth-order valence-corrected chi connectivity index (χ4v) is 3.55. The molecule has 0 aliphatic heterocycles. The van der Waals surface area contributed by atoms with Gasteiger partial charge >= 0.3 is 159 Å². The van der Waals surface area contributed by atoms with Crippen LogP contribution in [0.4, 0.5) is 0 Å². The first-order valence-corrected chi connectivity index (χ1v) is 9.29. The van der Waals surface area contributed by atoms with Gasteiger partial charge < -0.3 is 0 Å². The normalized spacial score (nSPS) is 12.8. The third-order valence-corrected chi connectivity index (χ3v) is 5.31. The fourth-order valence-electron chi connectivity index (χ4n) is 2.78. The number of hydrogen-bond donors (Lipinski definition) is 1. The molecule has 2 atom stereocenters. The summed E-state index contributed by atoms with van der Waals surface area (Å²) in [4.78, 5) is 2.28. The quantitative estimate of drug-likeness (QED) is 0.487. The van der Waals surface area contributed by atoms with E-state index < -0.39 is 6.10 Å². The molecule has 0 aliphatic rings. The Bertz CT molecular complexity index is 642. The van der Waals surface area contributed by atoms with Crippen molar-refractivity contribution in [2.45, 2.75) is 25.6 Å². The van der Waals surface area contributed by atoms with Crippen LogP contribution in [0.5, 0.6) is 0 Å². The summed E-state index contributed by atoms with van der Waals surface area (Å²) in [6, 6.07) is 20.7. The van der Waals surface area contributed by atoms with Gasteiger partial charge in [0, 0.05) is 0 Å². The maximum atomic E-state index is 10.4. The number of hydrogen-bond acceptors (Lipinski definition) is 2. The molecule has 0 heterocycles. The zero-order valence-corrected chi connectivity index (χ0v) is 16.1. The molecule has 2 aromatic rings. The van der Waals surface area contributed by atoms with E-state index in [2.05, 4.69) is 82.2 Å². The Hall–Kier alpha value is -1.93. The summed E-state index contributed by atoms with van der Waals surface area (Å²) < 4.78 is 1.03. The van der Waals surface area contributed by atoms with Gasteiger partial charge in [-0.25, -0.2) is 0 Å². The summed E-state index contributed by atoms with van der Waals surface area (Å²) in [5.41, 5.74) is 2.47. The number of nitrogens with zero attached hydrogens (tertiary/aromatic N) is 1. The van der Waals surface area contributed by atoms with Crippen molar-refractivity contribution in [2.24, 2.45) is 5.92 Å². The fraction of sp³-hybridized carbons (Fsp3) is 0.227. The predicted octanol–water partition coefficient (Wildman–Crippen LogP) is 3.73. The molecule has 25 heavy (non-hydrogen) atoms. The molecule has 0 saturated heterocycles. The van der Waals surface area contributed by atoms with Gasteiger partial charge in [0.2, 0.25) is 0 Å². The van der Waals surface area contributed by atoms with Crippen LogP contribution in [0.3, 0.4) is 0 Å². The van der Waals surface area contributed by atoms with Gasteiger partial charge in [-0.15, -0.1) is 0 Å². The van der Waals surface area contributed by atoms with E-state index in [0.29, 0.717) is 6.42 Å². The molecule has 2 rings (SSSR count). The topological polar surface area (TPSA) is 23.5 Å². The Morgan fingerprint density at radius 2 is 1.44 bits per heavy atom. The molecule has 1 N–H and O–H groups in total. The van der Waals surface area contributed by atoms with Crippen LogP contribution in [0.15, 0.2) is 86.0 Å². The van der Waals surface area contributed by atoms with Crippen molar-refractivity contribution in [1.29, 1.82) is 0 Å². The molecule has 3 heteroatoms. The van der Waals surface area contributed by atoms with Crippen molar-refractivity contribution >= 4 is 20.1 Å². The van der Waals surface area contributed by atoms with Gasteiger partial charge in [0.1, 0.15) is 0 Å². The minimum atomic E-state index is -0.608. The second-order valence-corrected chi connectivity index (χ2v) is 6.90. The molecule has 2 aromatic carbocycles. The average molecular weight is 398 g/mol. The van der Waals surface area contributed by atoms with E-state index in [1.54, 1.807) is 6.08 Å². The van der Waals surface area contributed by atoms with E-state index in [0.717, 1.165) is 17.6 Å². The van der Waals surface area contributed by atoms with Crippen molar-refractivity contribution in [3.05, 3.63) is 97.1 Å². The van der Waals surface area contributed by atoms with Gasteiger partial charge in [-0.3, -0.25) is 0 Å². The van der Waals surface area contributed by atoms with Gasteiger partial charge in [-0.1, -0.05) is 0 Å². The SMILES string of the molecule is C=CC[C@@H](C(=[Se])N(Cc1ccccc1)Cc1ccccc1)[C@@H](O)C=C. The van der Waals surface area contributed by atoms with Crippen LogP contribution >= 0.6 is 0 Å². The van der Waals surface area contributed by atoms with E-state index in [1.165, 1.54) is 11.1 Å². The first-order valence-electron chi connectivity index (χ1n) is 8.44. The Morgan fingerprint density at radius 1 is 0.960 bits per heavy atom. The van der Waals surface area contributed by atoms with Gasteiger partial charge in [0.05, 0.1) is 0 Å². The number of allylic oxidation sites excluding steroid dienone is 1. The molecule has 130 valence electrons. The third kappa shape index (κ3) is 5.82. The molecule has 0 spiro atoms. The summed E-state index contributed by atoms with van der Waals surface area (Å²) >= 11 is 3.20. The minimum absolute atomic E-state index is 0.0672. The average Bonchev–Trinajstić information content (AvgIpc) is 2.66. The monoisotopic (exact) mass is 399 g/mol. The molecule has 0 radical (unpaired) electrons. The first-order chi connectivity index (χ1) is 12.2. The number of rotatable bonds is 10. The van der Waals surface area contributed by atoms with Gasteiger partial charge in [-0.2, -0.15) is 0 Å². The van der Waals surface area contributed by atoms with Gasteiger partial charge in [0.15, 0.2) is 0 Å². The molecular weight excluding hydrogens is 373 g/mol. The van der Waals surface area contributed by atoms with Crippen LogP contribution in [0.25, 0.3) is 0 Å². The van der Waals surface area contributed by atoms with Crippen LogP contribution in [0, 0.1) is 5.92 Å². The van der Waals surface area contributed by atoms with Crippen LogP contribution in [-0.4, -0.2) is 36.2 Å². The van der Waals surface area contributed by atoms with E-state index in [4.69, 9.17) is 0 Å². The Labute approximate surface area is 158 Å². The molecule has 0 fully saturated rings. The Balaban J connectivity index is 2.26. The first kappa shape index (κ1) is 19.4. The van der Waals surface area contributed by atoms with E-state index in [-0.39, 0.29) is 5.92 Å². The zero-order valence-electron chi connectivity index (χ0n) is 14.4. The molecule has 0 amide bonds. The van der Waals surface area contributed by atoms with Gasteiger partial charge in [0.25, 0.3) is 0 Å². The summed E-state index contributed by atoms with van der Waals surface area (Å²) in [7, 11) is 0. The number of benzene rings is 2. The number of aliphatic hydroxyl groups excluding tert-OH is 1. The third-order valence-electron chi connectivity index (χ3n) is 4.14. The van der Waals surface area contributed by atoms with Crippen molar-refractivity contribution < 1.29 is 5.11 Å². The van der Waals surface area contributed by atoms with E-state index in [1.807, 2.05) is 18.2 Å². The van der Waals surface area contributed by atoms with Crippen molar-refractivity contribution in [3.63, 3.8) is 0 Å². The molecule has 2 nitrogen and oxygen atoms in total. The zero-order chi connectivity index (χ0) is 18.1. The summed E-state index contributed by atoms with van der Waals surface area (Å²) in [5.74, 6) is -0.0672. The molecular formula is C22H25NOSe. The molecule has 0 aromatic heterocycles. The van der Waals surface area contributed by atoms with Crippen molar-refractivity contribution in [1.82, 2.24) is 4.90 Å². The predicted molar refractivity (Wildman–Crippen MR) is 107 cm³/mol. The molecule has 0 unspecified atom stereocenters. The summed E-state index contributed by atoms with van der Waals surface area (Å²) in [6.07, 6.45) is 3.52. The molecule has 0 bridgehead atoms. The van der Waals surface area contributed by atoms with Crippen LogP contribution in [-0.2, 0) is 13.1 Å². The maximum absolute atomic E-state index is 10.4. The Kier molecular flexibility index (Phi) is 7.87. The molecule has 0 aliphatic carbocycles. The number of aliphatic hydroxyl groups is 1. The van der Waals surface area contributed by atoms with Crippen LogP contribution in [0.1, 0.15) is 17.5 Å². The molecule has 0 saturated carbocycles. The standard InChI is InChI=1S/C22H25NOSe/c1-3-11-20(21(24)4-2)22(25)23(16-18-12-7-5-8-13-18)17-19-14-9-6-10-15-19/h3-10,12-15,20-21,24H,1-2,11,16-17H2/t20-,21+/m1/s1. The second kappa shape index (κ2) is 10.1. The van der Waals surface area contributed by atoms with Crippen molar-refractivity contribution in [3.8, 4) is 0 Å². The Morgan fingerprint density at radius 3 is 1.84 bits per heavy atom.